The van der Waals surface area contributed by atoms with Gasteiger partial charge in [0.05, 0.1) is 12.5 Å². The minimum atomic E-state index is -0.903. The van der Waals surface area contributed by atoms with Gasteiger partial charge in [-0.3, -0.25) is 4.79 Å². The third-order valence-electron chi connectivity index (χ3n) is 2.90. The van der Waals surface area contributed by atoms with Crippen molar-refractivity contribution in [3.05, 3.63) is 35.1 Å². The summed E-state index contributed by atoms with van der Waals surface area (Å²) in [5.41, 5.74) is 0. The van der Waals surface area contributed by atoms with Gasteiger partial charge in [-0.1, -0.05) is 24.6 Å². The summed E-state index contributed by atoms with van der Waals surface area (Å²) in [5.74, 6) is -0.440. The number of nitrogens with zero attached hydrogens (tertiary/aromatic N) is 4. The Morgan fingerprint density at radius 1 is 1.48 bits per heavy atom. The van der Waals surface area contributed by atoms with Gasteiger partial charge in [-0.2, -0.15) is 0 Å². The monoisotopic (exact) mass is 310 g/mol. The van der Waals surface area contributed by atoms with Crippen LogP contribution in [0.2, 0.25) is 5.02 Å². The number of carbonyl (C=O) groups is 1. The number of aromatic nitrogens is 4. The van der Waals surface area contributed by atoms with E-state index in [1.807, 2.05) is 0 Å². The van der Waals surface area contributed by atoms with Crippen LogP contribution < -0.4 is 4.74 Å². The summed E-state index contributed by atoms with van der Waals surface area (Å²) in [7, 11) is 0. The predicted octanol–water partition coefficient (Wildman–Crippen LogP) is 2.19. The Labute approximate surface area is 126 Å². The molecule has 1 aromatic carbocycles. The van der Waals surface area contributed by atoms with Crippen molar-refractivity contribution in [1.82, 2.24) is 20.2 Å². The molecule has 21 heavy (non-hydrogen) atoms. The van der Waals surface area contributed by atoms with Crippen molar-refractivity contribution in [1.29, 1.82) is 0 Å². The molecule has 0 radical (unpaired) electrons. The van der Waals surface area contributed by atoms with Gasteiger partial charge in [-0.15, -0.1) is 5.10 Å². The lowest BCUT2D eigenvalue weighted by atomic mass is 10.2. The Morgan fingerprint density at radius 3 is 2.90 bits per heavy atom. The van der Waals surface area contributed by atoms with Crippen molar-refractivity contribution in [2.45, 2.75) is 26.5 Å². The highest BCUT2D eigenvalue weighted by atomic mass is 35.5. The zero-order valence-electron chi connectivity index (χ0n) is 11.6. The van der Waals surface area contributed by atoms with Gasteiger partial charge in [0.15, 0.2) is 11.9 Å². The second-order valence-corrected chi connectivity index (χ2v) is 5.11. The summed E-state index contributed by atoms with van der Waals surface area (Å²) in [5, 5.41) is 20.8. The molecule has 1 aromatic heterocycles. The van der Waals surface area contributed by atoms with Gasteiger partial charge >= 0.3 is 5.97 Å². The van der Waals surface area contributed by atoms with E-state index in [9.17, 15) is 4.79 Å². The molecule has 0 saturated carbocycles. The summed E-state index contributed by atoms with van der Waals surface area (Å²) in [4.78, 5) is 10.9. The van der Waals surface area contributed by atoms with Gasteiger partial charge in [0.1, 0.15) is 5.75 Å². The molecule has 0 bridgehead atoms. The van der Waals surface area contributed by atoms with Crippen molar-refractivity contribution in [3.63, 3.8) is 0 Å². The molecule has 0 aliphatic rings. The van der Waals surface area contributed by atoms with Gasteiger partial charge in [0.2, 0.25) is 0 Å². The number of aliphatic carboxylic acids is 1. The molecule has 0 aliphatic heterocycles. The van der Waals surface area contributed by atoms with E-state index in [2.05, 4.69) is 15.5 Å². The molecule has 2 atom stereocenters. The van der Waals surface area contributed by atoms with E-state index in [0.717, 1.165) is 0 Å². The first-order chi connectivity index (χ1) is 9.97. The molecule has 0 amide bonds. The third-order valence-corrected chi connectivity index (χ3v) is 3.14. The average Bonchev–Trinajstić information content (AvgIpc) is 2.86. The minimum absolute atomic E-state index is 0.181. The van der Waals surface area contributed by atoms with Crippen molar-refractivity contribution >= 4 is 17.6 Å². The van der Waals surface area contributed by atoms with Crippen LogP contribution in [-0.2, 0) is 11.3 Å². The summed E-state index contributed by atoms with van der Waals surface area (Å²) in [6.45, 7) is 3.56. The minimum Gasteiger partial charge on any atom is -0.483 e. The molecule has 2 aromatic rings. The highest BCUT2D eigenvalue weighted by Crippen LogP contribution is 2.23. The lowest BCUT2D eigenvalue weighted by molar-refractivity contribution is -0.141. The van der Waals surface area contributed by atoms with Crippen molar-refractivity contribution in [3.8, 4) is 5.75 Å². The van der Waals surface area contributed by atoms with Gasteiger partial charge in [0, 0.05) is 5.02 Å². The standard InChI is InChI=1S/C13H15ClN4O3/c1-8(13(19)20)7-18-12(15-16-17-18)9(2)21-11-5-3-4-10(14)6-11/h3-6,8-9H,7H2,1-2H3,(H,19,20). The molecule has 0 saturated heterocycles. The average molecular weight is 311 g/mol. The quantitative estimate of drug-likeness (QED) is 0.879. The molecular formula is C13H15ClN4O3. The van der Waals surface area contributed by atoms with Gasteiger partial charge < -0.3 is 9.84 Å². The molecule has 7 nitrogen and oxygen atoms in total. The van der Waals surface area contributed by atoms with E-state index in [1.54, 1.807) is 38.1 Å². The maximum Gasteiger partial charge on any atom is 0.308 e. The topological polar surface area (TPSA) is 90.1 Å². The molecule has 2 rings (SSSR count). The molecule has 8 heteroatoms. The van der Waals surface area contributed by atoms with E-state index in [1.165, 1.54) is 4.68 Å². The van der Waals surface area contributed by atoms with Crippen LogP contribution in [0.3, 0.4) is 0 Å². The zero-order chi connectivity index (χ0) is 15.4. The molecule has 1 heterocycles. The first-order valence-corrected chi connectivity index (χ1v) is 6.76. The first-order valence-electron chi connectivity index (χ1n) is 6.38. The SMILES string of the molecule is CC(Cn1nnnc1C(C)Oc1cccc(Cl)c1)C(=O)O. The lowest BCUT2D eigenvalue weighted by Gasteiger charge is -2.15. The lowest BCUT2D eigenvalue weighted by Crippen LogP contribution is -2.21. The molecule has 0 aliphatic carbocycles. The van der Waals surface area contributed by atoms with Crippen molar-refractivity contribution in [2.75, 3.05) is 0 Å². The molecule has 0 spiro atoms. The smallest absolute Gasteiger partial charge is 0.308 e. The fourth-order valence-corrected chi connectivity index (χ4v) is 1.95. The first kappa shape index (κ1) is 15.2. The predicted molar refractivity (Wildman–Crippen MR) is 75.1 cm³/mol. The van der Waals surface area contributed by atoms with Crippen molar-refractivity contribution < 1.29 is 14.6 Å². The van der Waals surface area contributed by atoms with Crippen LogP contribution in [0.25, 0.3) is 0 Å². The Morgan fingerprint density at radius 2 is 2.24 bits per heavy atom. The molecular weight excluding hydrogens is 296 g/mol. The molecule has 112 valence electrons. The number of tetrazole rings is 1. The van der Waals surface area contributed by atoms with Crippen LogP contribution in [0.4, 0.5) is 0 Å². The van der Waals surface area contributed by atoms with E-state index in [4.69, 9.17) is 21.4 Å². The van der Waals surface area contributed by atoms with E-state index in [-0.39, 0.29) is 6.54 Å². The molecule has 0 fully saturated rings. The number of rotatable bonds is 6. The van der Waals surface area contributed by atoms with Gasteiger partial charge in [-0.05, 0) is 35.5 Å². The van der Waals surface area contributed by atoms with E-state index in [0.29, 0.717) is 16.6 Å². The summed E-state index contributed by atoms with van der Waals surface area (Å²) < 4.78 is 7.17. The Kier molecular flexibility index (Phi) is 4.74. The van der Waals surface area contributed by atoms with Crippen LogP contribution in [0.5, 0.6) is 5.75 Å². The van der Waals surface area contributed by atoms with Gasteiger partial charge in [-0.25, -0.2) is 4.68 Å². The Bertz CT molecular complexity index is 631. The number of carboxylic acids is 1. The number of hydrogen-bond donors (Lipinski definition) is 1. The van der Waals surface area contributed by atoms with Crippen LogP contribution in [0, 0.1) is 5.92 Å². The van der Waals surface area contributed by atoms with E-state index < -0.39 is 18.0 Å². The zero-order valence-corrected chi connectivity index (χ0v) is 12.4. The fourth-order valence-electron chi connectivity index (χ4n) is 1.77. The van der Waals surface area contributed by atoms with Crippen LogP contribution >= 0.6 is 11.6 Å². The Hall–Kier alpha value is -2.15. The second kappa shape index (κ2) is 6.53. The maximum atomic E-state index is 10.9. The number of carboxylic acid groups (broad SMARTS) is 1. The number of halogens is 1. The third kappa shape index (κ3) is 3.91. The second-order valence-electron chi connectivity index (χ2n) is 4.68. The van der Waals surface area contributed by atoms with Crippen LogP contribution in [0.15, 0.2) is 24.3 Å². The maximum absolute atomic E-state index is 10.9. The van der Waals surface area contributed by atoms with Crippen LogP contribution in [-0.4, -0.2) is 31.3 Å². The van der Waals surface area contributed by atoms with Crippen molar-refractivity contribution in [2.24, 2.45) is 5.92 Å². The number of benzene rings is 1. The molecule has 1 N–H and O–H groups in total. The van der Waals surface area contributed by atoms with Crippen LogP contribution in [0.1, 0.15) is 25.8 Å². The van der Waals surface area contributed by atoms with Gasteiger partial charge in [0.25, 0.3) is 0 Å². The summed E-state index contributed by atoms with van der Waals surface area (Å²) >= 11 is 5.90. The fraction of sp³-hybridized carbons (Fsp3) is 0.385. The highest BCUT2D eigenvalue weighted by Gasteiger charge is 2.20. The highest BCUT2D eigenvalue weighted by molar-refractivity contribution is 6.30. The number of ether oxygens (including phenoxy) is 1. The summed E-state index contributed by atoms with van der Waals surface area (Å²) in [6, 6.07) is 6.99. The normalized spacial score (nSPS) is 13.7. The molecule has 2 unspecified atom stereocenters. The Balaban J connectivity index is 2.11. The summed E-state index contributed by atoms with van der Waals surface area (Å²) in [6.07, 6.45) is -0.431. The van der Waals surface area contributed by atoms with E-state index >= 15 is 0 Å². The number of hydrogen-bond acceptors (Lipinski definition) is 5. The largest absolute Gasteiger partial charge is 0.483 e.